The molecule has 0 bridgehead atoms. The van der Waals surface area contributed by atoms with E-state index in [0.29, 0.717) is 30.8 Å². The lowest BCUT2D eigenvalue weighted by Gasteiger charge is -2.22. The van der Waals surface area contributed by atoms with E-state index in [1.165, 1.54) is 5.56 Å². The third-order valence-electron chi connectivity index (χ3n) is 4.29. The predicted octanol–water partition coefficient (Wildman–Crippen LogP) is 4.46. The van der Waals surface area contributed by atoms with Gasteiger partial charge in [-0.05, 0) is 43.5 Å². The Balaban J connectivity index is 2.10. The maximum Gasteiger partial charge on any atom is 0.254 e. The van der Waals surface area contributed by atoms with E-state index in [1.54, 1.807) is 17.0 Å². The largest absolute Gasteiger partial charge is 0.491 e. The van der Waals surface area contributed by atoms with Gasteiger partial charge in [-0.1, -0.05) is 43.3 Å². The van der Waals surface area contributed by atoms with Crippen LogP contribution in [0, 0.1) is 11.3 Å². The Kier molecular flexibility index (Phi) is 7.70. The second-order valence-corrected chi connectivity index (χ2v) is 6.30. The zero-order chi connectivity index (χ0) is 18.8. The van der Waals surface area contributed by atoms with Crippen LogP contribution in [0.15, 0.2) is 54.6 Å². The summed E-state index contributed by atoms with van der Waals surface area (Å²) >= 11 is 0. The molecule has 0 aliphatic heterocycles. The zero-order valence-corrected chi connectivity index (χ0v) is 15.5. The molecule has 0 spiro atoms. The molecule has 0 aliphatic rings. The number of nitriles is 1. The SMILES string of the molecule is CCC(C)Oc1cccc(C(=O)N(CCC#N)CCc2ccccc2)c1. The van der Waals surface area contributed by atoms with E-state index in [1.807, 2.05) is 49.4 Å². The Morgan fingerprint density at radius 1 is 1.15 bits per heavy atom. The van der Waals surface area contributed by atoms with Crippen molar-refractivity contribution >= 4 is 5.91 Å². The molecule has 0 aromatic heterocycles. The summed E-state index contributed by atoms with van der Waals surface area (Å²) in [6, 6.07) is 19.5. The van der Waals surface area contributed by atoms with Gasteiger partial charge in [-0.25, -0.2) is 0 Å². The fourth-order valence-electron chi connectivity index (χ4n) is 2.61. The van der Waals surface area contributed by atoms with E-state index in [4.69, 9.17) is 10.00 Å². The smallest absolute Gasteiger partial charge is 0.254 e. The molecule has 1 unspecified atom stereocenters. The van der Waals surface area contributed by atoms with Gasteiger partial charge in [0.05, 0.1) is 18.6 Å². The Labute approximate surface area is 156 Å². The van der Waals surface area contributed by atoms with Crippen molar-refractivity contribution < 1.29 is 9.53 Å². The highest BCUT2D eigenvalue weighted by atomic mass is 16.5. The summed E-state index contributed by atoms with van der Waals surface area (Å²) in [7, 11) is 0. The summed E-state index contributed by atoms with van der Waals surface area (Å²) in [6.07, 6.45) is 2.10. The van der Waals surface area contributed by atoms with E-state index in [9.17, 15) is 4.79 Å². The molecule has 4 nitrogen and oxygen atoms in total. The van der Waals surface area contributed by atoms with Gasteiger partial charge >= 0.3 is 0 Å². The third kappa shape index (κ3) is 5.93. The van der Waals surface area contributed by atoms with Crippen LogP contribution in [-0.4, -0.2) is 30.0 Å². The second kappa shape index (κ2) is 10.2. The van der Waals surface area contributed by atoms with Crippen molar-refractivity contribution in [3.05, 3.63) is 65.7 Å². The van der Waals surface area contributed by atoms with E-state index >= 15 is 0 Å². The standard InChI is InChI=1S/C22H26N2O2/c1-3-18(2)26-21-12-7-11-20(17-21)22(25)24(15-8-14-23)16-13-19-9-5-4-6-10-19/h4-7,9-12,17-18H,3,8,13,15-16H2,1-2H3. The van der Waals surface area contributed by atoms with Crippen molar-refractivity contribution in [2.45, 2.75) is 39.2 Å². The van der Waals surface area contributed by atoms with Crippen LogP contribution >= 0.6 is 0 Å². The number of carbonyl (C=O) groups is 1. The normalized spacial score (nSPS) is 11.4. The number of hydrogen-bond donors (Lipinski definition) is 0. The van der Waals surface area contributed by atoms with Gasteiger partial charge in [0.2, 0.25) is 0 Å². The molecule has 0 N–H and O–H groups in total. The second-order valence-electron chi connectivity index (χ2n) is 6.30. The average molecular weight is 350 g/mol. The van der Waals surface area contributed by atoms with Crippen molar-refractivity contribution in [2.75, 3.05) is 13.1 Å². The molecular formula is C22H26N2O2. The molecule has 0 radical (unpaired) electrons. The van der Waals surface area contributed by atoms with Crippen LogP contribution in [0.4, 0.5) is 0 Å². The van der Waals surface area contributed by atoms with Gasteiger partial charge in [-0.2, -0.15) is 5.26 Å². The number of hydrogen-bond acceptors (Lipinski definition) is 3. The van der Waals surface area contributed by atoms with Crippen molar-refractivity contribution in [3.8, 4) is 11.8 Å². The minimum absolute atomic E-state index is 0.0641. The summed E-state index contributed by atoms with van der Waals surface area (Å²) in [5, 5.41) is 8.92. The molecule has 2 rings (SSSR count). The van der Waals surface area contributed by atoms with Crippen LogP contribution in [0.2, 0.25) is 0 Å². The first-order chi connectivity index (χ1) is 12.6. The summed E-state index contributed by atoms with van der Waals surface area (Å²) in [5.74, 6) is 0.638. The van der Waals surface area contributed by atoms with Crippen LogP contribution in [0.25, 0.3) is 0 Å². The number of ether oxygens (including phenoxy) is 1. The lowest BCUT2D eigenvalue weighted by Crippen LogP contribution is -2.33. The van der Waals surface area contributed by atoms with Crippen LogP contribution in [0.5, 0.6) is 5.75 Å². The van der Waals surface area contributed by atoms with Gasteiger partial charge in [0, 0.05) is 18.7 Å². The molecule has 1 atom stereocenters. The number of nitrogens with zero attached hydrogens (tertiary/aromatic N) is 2. The summed E-state index contributed by atoms with van der Waals surface area (Å²) in [6.45, 7) is 5.08. The molecule has 0 heterocycles. The maximum atomic E-state index is 12.9. The van der Waals surface area contributed by atoms with E-state index in [-0.39, 0.29) is 12.0 Å². The van der Waals surface area contributed by atoms with Crippen molar-refractivity contribution in [1.29, 1.82) is 5.26 Å². The molecule has 136 valence electrons. The Hall–Kier alpha value is -2.80. The molecule has 0 saturated heterocycles. The molecule has 0 aliphatic carbocycles. The Morgan fingerprint density at radius 2 is 1.92 bits per heavy atom. The van der Waals surface area contributed by atoms with Gasteiger partial charge in [-0.3, -0.25) is 4.79 Å². The summed E-state index contributed by atoms with van der Waals surface area (Å²) in [4.78, 5) is 14.7. The quantitative estimate of drug-likeness (QED) is 0.671. The monoisotopic (exact) mass is 350 g/mol. The molecular weight excluding hydrogens is 324 g/mol. The average Bonchev–Trinajstić information content (AvgIpc) is 2.68. The van der Waals surface area contributed by atoms with Gasteiger partial charge in [0.1, 0.15) is 5.75 Å². The molecule has 0 fully saturated rings. The van der Waals surface area contributed by atoms with E-state index < -0.39 is 0 Å². The van der Waals surface area contributed by atoms with Gasteiger partial charge in [0.15, 0.2) is 0 Å². The highest BCUT2D eigenvalue weighted by Crippen LogP contribution is 2.18. The topological polar surface area (TPSA) is 53.3 Å². The van der Waals surface area contributed by atoms with Crippen molar-refractivity contribution in [1.82, 2.24) is 4.90 Å². The summed E-state index contributed by atoms with van der Waals surface area (Å²) in [5.41, 5.74) is 1.77. The van der Waals surface area contributed by atoms with Crippen molar-refractivity contribution in [3.63, 3.8) is 0 Å². The molecule has 2 aromatic rings. The van der Waals surface area contributed by atoms with E-state index in [0.717, 1.165) is 12.8 Å². The number of carbonyl (C=O) groups excluding carboxylic acids is 1. The van der Waals surface area contributed by atoms with Gasteiger partial charge in [0.25, 0.3) is 5.91 Å². The number of benzene rings is 2. The first-order valence-electron chi connectivity index (χ1n) is 9.11. The maximum absolute atomic E-state index is 12.9. The molecule has 0 saturated carbocycles. The van der Waals surface area contributed by atoms with Crippen LogP contribution in [0.3, 0.4) is 0 Å². The molecule has 4 heteroatoms. The third-order valence-corrected chi connectivity index (χ3v) is 4.29. The van der Waals surface area contributed by atoms with Crippen LogP contribution in [0.1, 0.15) is 42.6 Å². The molecule has 1 amide bonds. The molecule has 26 heavy (non-hydrogen) atoms. The summed E-state index contributed by atoms with van der Waals surface area (Å²) < 4.78 is 5.82. The van der Waals surface area contributed by atoms with E-state index in [2.05, 4.69) is 13.0 Å². The highest BCUT2D eigenvalue weighted by Gasteiger charge is 2.16. The number of rotatable bonds is 9. The first kappa shape index (κ1) is 19.5. The van der Waals surface area contributed by atoms with Crippen molar-refractivity contribution in [2.24, 2.45) is 0 Å². The highest BCUT2D eigenvalue weighted by molar-refractivity contribution is 5.94. The van der Waals surface area contributed by atoms with Gasteiger partial charge < -0.3 is 9.64 Å². The Morgan fingerprint density at radius 3 is 2.62 bits per heavy atom. The minimum atomic E-state index is -0.0641. The minimum Gasteiger partial charge on any atom is -0.491 e. The van der Waals surface area contributed by atoms with Crippen LogP contribution in [-0.2, 0) is 6.42 Å². The van der Waals surface area contributed by atoms with Gasteiger partial charge in [-0.15, -0.1) is 0 Å². The number of amides is 1. The Bertz CT molecular complexity index is 737. The lowest BCUT2D eigenvalue weighted by atomic mass is 10.1. The molecule has 2 aromatic carbocycles. The zero-order valence-electron chi connectivity index (χ0n) is 15.5. The fourth-order valence-corrected chi connectivity index (χ4v) is 2.61. The van der Waals surface area contributed by atoms with Crippen LogP contribution < -0.4 is 4.74 Å². The first-order valence-corrected chi connectivity index (χ1v) is 9.11. The lowest BCUT2D eigenvalue weighted by molar-refractivity contribution is 0.0760. The fraction of sp³-hybridized carbons (Fsp3) is 0.364. The predicted molar refractivity (Wildman–Crippen MR) is 103 cm³/mol.